The fraction of sp³-hybridized carbons (Fsp3) is 0.933. The molecular weight excluding hydrogens is 244 g/mol. The molecule has 1 fully saturated rings. The van der Waals surface area contributed by atoms with Gasteiger partial charge in [-0.05, 0) is 37.0 Å². The average Bonchev–Trinajstić information content (AvgIpc) is 2.35. The zero-order valence-corrected chi connectivity index (χ0v) is 12.6. The molecule has 1 unspecified atom stereocenters. The Kier molecular flexibility index (Phi) is 6.63. The Bertz CT molecular complexity index is 277. The summed E-state index contributed by atoms with van der Waals surface area (Å²) in [7, 11) is 0. The normalized spacial score (nSPS) is 29.1. The van der Waals surface area contributed by atoms with Crippen LogP contribution in [0, 0.1) is 17.8 Å². The summed E-state index contributed by atoms with van der Waals surface area (Å²) in [6.07, 6.45) is 2.50. The van der Waals surface area contributed by atoms with E-state index in [9.17, 15) is 9.90 Å². The Hall–Kier alpha value is -0.770. The highest BCUT2D eigenvalue weighted by Crippen LogP contribution is 2.35. The van der Waals surface area contributed by atoms with E-state index in [2.05, 4.69) is 20.8 Å². The van der Waals surface area contributed by atoms with E-state index < -0.39 is 12.3 Å². The number of rotatable bonds is 5. The van der Waals surface area contributed by atoms with Gasteiger partial charge in [-0.2, -0.15) is 0 Å². The molecule has 1 saturated carbocycles. The van der Waals surface area contributed by atoms with E-state index in [4.69, 9.17) is 9.47 Å². The Morgan fingerprint density at radius 1 is 1.37 bits per heavy atom. The third kappa shape index (κ3) is 5.39. The van der Waals surface area contributed by atoms with Crippen molar-refractivity contribution in [1.29, 1.82) is 0 Å². The van der Waals surface area contributed by atoms with Crippen LogP contribution in [-0.2, 0) is 9.47 Å². The number of aliphatic hydroxyl groups is 1. The molecule has 4 heteroatoms. The summed E-state index contributed by atoms with van der Waals surface area (Å²) in [4.78, 5) is 11.7. The Labute approximate surface area is 116 Å². The number of carbonyl (C=O) groups is 1. The molecule has 0 aromatic heterocycles. The SMILES string of the molecule is CCC(O)COC(=O)O[C@@H]1C[C@H](C)CC[C@H]1C(C)C. The van der Waals surface area contributed by atoms with Crippen LogP contribution in [-0.4, -0.2) is 30.1 Å². The van der Waals surface area contributed by atoms with Crippen LogP contribution in [0.25, 0.3) is 0 Å². The quantitative estimate of drug-likeness (QED) is 0.780. The van der Waals surface area contributed by atoms with Crippen LogP contribution in [0.3, 0.4) is 0 Å². The molecule has 4 nitrogen and oxygen atoms in total. The van der Waals surface area contributed by atoms with Crippen molar-refractivity contribution < 1.29 is 19.4 Å². The lowest BCUT2D eigenvalue weighted by Crippen LogP contribution is -2.36. The van der Waals surface area contributed by atoms with Gasteiger partial charge in [0.25, 0.3) is 0 Å². The van der Waals surface area contributed by atoms with Crippen LogP contribution in [0.15, 0.2) is 0 Å². The predicted molar refractivity (Wildman–Crippen MR) is 73.9 cm³/mol. The van der Waals surface area contributed by atoms with Gasteiger partial charge in [-0.15, -0.1) is 0 Å². The van der Waals surface area contributed by atoms with Crippen LogP contribution < -0.4 is 0 Å². The second-order valence-electron chi connectivity index (χ2n) is 6.11. The van der Waals surface area contributed by atoms with Crippen molar-refractivity contribution >= 4 is 6.16 Å². The van der Waals surface area contributed by atoms with Gasteiger partial charge in [0.1, 0.15) is 12.7 Å². The number of hydrogen-bond donors (Lipinski definition) is 1. The van der Waals surface area contributed by atoms with Gasteiger partial charge in [0, 0.05) is 0 Å². The Morgan fingerprint density at radius 3 is 2.63 bits per heavy atom. The first-order valence-corrected chi connectivity index (χ1v) is 7.45. The lowest BCUT2D eigenvalue weighted by atomic mass is 9.75. The molecule has 0 aromatic rings. The van der Waals surface area contributed by atoms with Crippen molar-refractivity contribution in [3.8, 4) is 0 Å². The summed E-state index contributed by atoms with van der Waals surface area (Å²) in [5, 5.41) is 9.36. The molecule has 1 N–H and O–H groups in total. The van der Waals surface area contributed by atoms with Gasteiger partial charge in [0.15, 0.2) is 0 Å². The summed E-state index contributed by atoms with van der Waals surface area (Å²) in [6, 6.07) is 0. The third-order valence-corrected chi connectivity index (χ3v) is 4.07. The molecular formula is C15H28O4. The molecule has 4 atom stereocenters. The van der Waals surface area contributed by atoms with E-state index in [1.807, 2.05) is 6.92 Å². The summed E-state index contributed by atoms with van der Waals surface area (Å²) in [5.41, 5.74) is 0. The maximum absolute atomic E-state index is 11.7. The van der Waals surface area contributed by atoms with Gasteiger partial charge in [-0.1, -0.05) is 34.1 Å². The molecule has 0 bridgehead atoms. The van der Waals surface area contributed by atoms with Crippen LogP contribution in [0.4, 0.5) is 4.79 Å². The zero-order chi connectivity index (χ0) is 14.4. The molecule has 1 aliphatic rings. The molecule has 0 radical (unpaired) electrons. The molecule has 0 heterocycles. The topological polar surface area (TPSA) is 55.8 Å². The van der Waals surface area contributed by atoms with Gasteiger partial charge in [0.05, 0.1) is 6.10 Å². The lowest BCUT2D eigenvalue weighted by Gasteiger charge is -2.36. The summed E-state index contributed by atoms with van der Waals surface area (Å²) >= 11 is 0. The molecule has 1 aliphatic carbocycles. The predicted octanol–water partition coefficient (Wildman–Crippen LogP) is 3.37. The van der Waals surface area contributed by atoms with Crippen molar-refractivity contribution in [3.05, 3.63) is 0 Å². The summed E-state index contributed by atoms with van der Waals surface area (Å²) in [5.74, 6) is 1.51. The van der Waals surface area contributed by atoms with Crippen molar-refractivity contribution in [2.24, 2.45) is 17.8 Å². The third-order valence-electron chi connectivity index (χ3n) is 4.07. The van der Waals surface area contributed by atoms with Crippen molar-refractivity contribution in [3.63, 3.8) is 0 Å². The molecule has 0 aromatic carbocycles. The second-order valence-corrected chi connectivity index (χ2v) is 6.11. The van der Waals surface area contributed by atoms with Crippen molar-refractivity contribution in [2.75, 3.05) is 6.61 Å². The molecule has 19 heavy (non-hydrogen) atoms. The molecule has 0 aliphatic heterocycles. The molecule has 0 saturated heterocycles. The fourth-order valence-electron chi connectivity index (χ4n) is 2.69. The summed E-state index contributed by atoms with van der Waals surface area (Å²) < 4.78 is 10.4. The number of hydrogen-bond acceptors (Lipinski definition) is 4. The highest BCUT2D eigenvalue weighted by molar-refractivity contribution is 5.60. The number of aliphatic hydroxyl groups excluding tert-OH is 1. The van der Waals surface area contributed by atoms with Crippen LogP contribution in [0.5, 0.6) is 0 Å². The van der Waals surface area contributed by atoms with E-state index in [0.717, 1.165) is 12.8 Å². The van der Waals surface area contributed by atoms with Crippen molar-refractivity contribution in [1.82, 2.24) is 0 Å². The first kappa shape index (κ1) is 16.3. The smallest absolute Gasteiger partial charge is 0.432 e. The molecule has 112 valence electrons. The Morgan fingerprint density at radius 2 is 2.05 bits per heavy atom. The van der Waals surface area contributed by atoms with Gasteiger partial charge in [-0.25, -0.2) is 4.79 Å². The molecule has 0 spiro atoms. The second kappa shape index (κ2) is 7.73. The fourth-order valence-corrected chi connectivity index (χ4v) is 2.69. The maximum Gasteiger partial charge on any atom is 0.508 e. The largest absolute Gasteiger partial charge is 0.508 e. The average molecular weight is 272 g/mol. The van der Waals surface area contributed by atoms with Crippen LogP contribution in [0.1, 0.15) is 53.4 Å². The highest BCUT2D eigenvalue weighted by Gasteiger charge is 2.33. The van der Waals surface area contributed by atoms with Crippen LogP contribution in [0.2, 0.25) is 0 Å². The zero-order valence-electron chi connectivity index (χ0n) is 12.6. The number of carbonyl (C=O) groups excluding carboxylic acids is 1. The standard InChI is InChI=1S/C15H28O4/c1-5-12(16)9-18-15(17)19-14-8-11(4)6-7-13(14)10(2)3/h10-14,16H,5-9H2,1-4H3/t11-,12?,13+,14-/m1/s1. The van der Waals surface area contributed by atoms with E-state index in [0.29, 0.717) is 24.2 Å². The van der Waals surface area contributed by atoms with Gasteiger partial charge in [0.2, 0.25) is 0 Å². The van der Waals surface area contributed by atoms with E-state index in [1.54, 1.807) is 0 Å². The minimum atomic E-state index is -0.641. The lowest BCUT2D eigenvalue weighted by molar-refractivity contribution is -0.0429. The van der Waals surface area contributed by atoms with E-state index >= 15 is 0 Å². The Balaban J connectivity index is 2.44. The van der Waals surface area contributed by atoms with Crippen molar-refractivity contribution in [2.45, 2.75) is 65.6 Å². The first-order valence-electron chi connectivity index (χ1n) is 7.45. The van der Waals surface area contributed by atoms with E-state index in [-0.39, 0.29) is 12.7 Å². The number of ether oxygens (including phenoxy) is 2. The monoisotopic (exact) mass is 272 g/mol. The first-order chi connectivity index (χ1) is 8.93. The molecule has 0 amide bonds. The van der Waals surface area contributed by atoms with Gasteiger partial charge >= 0.3 is 6.16 Å². The minimum absolute atomic E-state index is 0.0178. The highest BCUT2D eigenvalue weighted by atomic mass is 16.7. The van der Waals surface area contributed by atoms with Gasteiger partial charge in [-0.3, -0.25) is 0 Å². The summed E-state index contributed by atoms with van der Waals surface area (Å²) in [6.45, 7) is 8.40. The molecule has 1 rings (SSSR count). The van der Waals surface area contributed by atoms with E-state index in [1.165, 1.54) is 6.42 Å². The van der Waals surface area contributed by atoms with Crippen LogP contribution >= 0.6 is 0 Å². The van der Waals surface area contributed by atoms with Gasteiger partial charge < -0.3 is 14.6 Å². The maximum atomic E-state index is 11.7. The minimum Gasteiger partial charge on any atom is -0.432 e.